The van der Waals surface area contributed by atoms with Crippen LogP contribution in [0.25, 0.3) is 11.3 Å². The second-order valence-corrected chi connectivity index (χ2v) is 5.69. The highest BCUT2D eigenvalue weighted by Crippen LogP contribution is 2.26. The quantitative estimate of drug-likeness (QED) is 0.943. The fourth-order valence-corrected chi connectivity index (χ4v) is 2.25. The molecule has 0 saturated carbocycles. The number of carboxylic acids is 1. The van der Waals surface area contributed by atoms with Crippen molar-refractivity contribution in [1.29, 1.82) is 5.26 Å². The predicted octanol–water partition coefficient (Wildman–Crippen LogP) is 2.86. The van der Waals surface area contributed by atoms with Gasteiger partial charge in [0.15, 0.2) is 0 Å². The number of aliphatic carboxylic acids is 1. The largest absolute Gasteiger partial charge is 0.480 e. The van der Waals surface area contributed by atoms with Crippen LogP contribution in [0, 0.1) is 11.3 Å². The van der Waals surface area contributed by atoms with Crippen LogP contribution in [0.2, 0.25) is 5.02 Å². The first-order chi connectivity index (χ1) is 10.3. The average molecular weight is 317 g/mol. The van der Waals surface area contributed by atoms with Gasteiger partial charge in [-0.25, -0.2) is 4.79 Å². The third-order valence-corrected chi connectivity index (χ3v) is 3.68. The van der Waals surface area contributed by atoms with Crippen molar-refractivity contribution in [3.63, 3.8) is 0 Å². The molecule has 112 valence electrons. The van der Waals surface area contributed by atoms with Crippen LogP contribution in [-0.4, -0.2) is 15.6 Å². The molecule has 0 aliphatic heterocycles. The highest BCUT2D eigenvalue weighted by molar-refractivity contribution is 6.30. The Kier molecular flexibility index (Phi) is 4.07. The summed E-state index contributed by atoms with van der Waals surface area (Å²) in [7, 11) is 0. The van der Waals surface area contributed by atoms with Crippen molar-refractivity contribution >= 4 is 17.6 Å². The SMILES string of the molecule is CC(C)(C(=O)O)n1c(-c2ccc(Cl)cc2)ccc(C#N)c1=O. The third kappa shape index (κ3) is 2.61. The van der Waals surface area contributed by atoms with Crippen molar-refractivity contribution < 1.29 is 9.90 Å². The molecule has 6 heteroatoms. The number of carbonyl (C=O) groups is 1. The van der Waals surface area contributed by atoms with E-state index >= 15 is 0 Å². The number of nitriles is 1. The van der Waals surface area contributed by atoms with Crippen molar-refractivity contribution in [3.05, 3.63) is 57.3 Å². The molecule has 0 amide bonds. The van der Waals surface area contributed by atoms with E-state index < -0.39 is 17.1 Å². The van der Waals surface area contributed by atoms with Crippen LogP contribution in [0.5, 0.6) is 0 Å². The van der Waals surface area contributed by atoms with Crippen LogP contribution in [0.15, 0.2) is 41.2 Å². The molecule has 0 bridgehead atoms. The minimum absolute atomic E-state index is 0.105. The van der Waals surface area contributed by atoms with Gasteiger partial charge in [0.1, 0.15) is 17.2 Å². The third-order valence-electron chi connectivity index (χ3n) is 3.43. The normalized spacial score (nSPS) is 11.0. The standard InChI is InChI=1S/C16H13ClN2O3/c1-16(2,15(21)22)19-13(8-5-11(9-18)14(19)20)10-3-6-12(17)7-4-10/h3-8H,1-2H3,(H,21,22). The molecule has 1 heterocycles. The van der Waals surface area contributed by atoms with Gasteiger partial charge in [-0.05, 0) is 43.7 Å². The fraction of sp³-hybridized carbons (Fsp3) is 0.188. The van der Waals surface area contributed by atoms with Crippen molar-refractivity contribution in [2.75, 3.05) is 0 Å². The summed E-state index contributed by atoms with van der Waals surface area (Å²) < 4.78 is 1.12. The number of hydrogen-bond acceptors (Lipinski definition) is 3. The van der Waals surface area contributed by atoms with Gasteiger partial charge in [-0.2, -0.15) is 5.26 Å². The number of halogens is 1. The van der Waals surface area contributed by atoms with E-state index in [1.54, 1.807) is 36.4 Å². The Morgan fingerprint density at radius 2 is 1.82 bits per heavy atom. The Morgan fingerprint density at radius 3 is 2.32 bits per heavy atom. The minimum Gasteiger partial charge on any atom is -0.480 e. The number of benzene rings is 1. The molecule has 2 rings (SSSR count). The molecule has 1 aromatic heterocycles. The van der Waals surface area contributed by atoms with E-state index in [0.29, 0.717) is 16.3 Å². The number of rotatable bonds is 3. The Balaban J connectivity index is 2.84. The number of aromatic nitrogens is 1. The topological polar surface area (TPSA) is 83.1 Å². The fourth-order valence-electron chi connectivity index (χ4n) is 2.12. The molecule has 1 N–H and O–H groups in total. The summed E-state index contributed by atoms with van der Waals surface area (Å²) >= 11 is 5.85. The second kappa shape index (κ2) is 5.66. The number of carboxylic acid groups (broad SMARTS) is 1. The van der Waals surface area contributed by atoms with E-state index in [1.807, 2.05) is 0 Å². The minimum atomic E-state index is -1.50. The molecule has 5 nitrogen and oxygen atoms in total. The lowest BCUT2D eigenvalue weighted by atomic mass is 10.0. The van der Waals surface area contributed by atoms with Crippen LogP contribution < -0.4 is 5.56 Å². The van der Waals surface area contributed by atoms with Gasteiger partial charge in [0, 0.05) is 5.02 Å². The zero-order chi connectivity index (χ0) is 16.5. The summed E-state index contributed by atoms with van der Waals surface area (Å²) in [5.74, 6) is -1.17. The van der Waals surface area contributed by atoms with Crippen molar-refractivity contribution in [2.45, 2.75) is 19.4 Å². The molecule has 2 aromatic rings. The van der Waals surface area contributed by atoms with Crippen LogP contribution >= 0.6 is 11.6 Å². The molecule has 0 aliphatic carbocycles. The Morgan fingerprint density at radius 1 is 1.23 bits per heavy atom. The second-order valence-electron chi connectivity index (χ2n) is 5.26. The van der Waals surface area contributed by atoms with Crippen molar-refractivity contribution in [3.8, 4) is 17.3 Å². The summed E-state index contributed by atoms with van der Waals surface area (Å²) in [6, 6.07) is 11.4. The molecule has 0 spiro atoms. The first kappa shape index (κ1) is 15.8. The molecule has 22 heavy (non-hydrogen) atoms. The summed E-state index contributed by atoms with van der Waals surface area (Å²) in [4.78, 5) is 24.0. The molecule has 0 aliphatic rings. The smallest absolute Gasteiger partial charge is 0.329 e. The summed E-state index contributed by atoms with van der Waals surface area (Å²) in [5, 5.41) is 19.0. The molecule has 0 fully saturated rings. The van der Waals surface area contributed by atoms with Crippen molar-refractivity contribution in [2.24, 2.45) is 0 Å². The average Bonchev–Trinajstić information content (AvgIpc) is 2.47. The molecular formula is C16H13ClN2O3. The Labute approximate surface area is 132 Å². The van der Waals surface area contributed by atoms with E-state index in [0.717, 1.165) is 4.57 Å². The van der Waals surface area contributed by atoms with Gasteiger partial charge in [0.2, 0.25) is 0 Å². The maximum absolute atomic E-state index is 12.5. The maximum Gasteiger partial charge on any atom is 0.329 e. The lowest BCUT2D eigenvalue weighted by Gasteiger charge is -2.26. The van der Waals surface area contributed by atoms with Gasteiger partial charge in [-0.1, -0.05) is 23.7 Å². The highest BCUT2D eigenvalue weighted by Gasteiger charge is 2.33. The molecule has 0 radical (unpaired) electrons. The number of hydrogen-bond donors (Lipinski definition) is 1. The van der Waals surface area contributed by atoms with E-state index in [9.17, 15) is 14.7 Å². The molecule has 1 aromatic carbocycles. The number of pyridine rings is 1. The van der Waals surface area contributed by atoms with Crippen LogP contribution in [0.4, 0.5) is 0 Å². The molecule has 0 atom stereocenters. The van der Waals surface area contributed by atoms with Crippen LogP contribution in [0.3, 0.4) is 0 Å². The van der Waals surface area contributed by atoms with E-state index in [4.69, 9.17) is 16.9 Å². The van der Waals surface area contributed by atoms with Crippen LogP contribution in [-0.2, 0) is 10.3 Å². The molecule has 0 saturated heterocycles. The van der Waals surface area contributed by atoms with Gasteiger partial charge in [0.25, 0.3) is 5.56 Å². The Hall–Kier alpha value is -2.58. The van der Waals surface area contributed by atoms with E-state index in [1.165, 1.54) is 19.9 Å². The Bertz CT molecular complexity index is 830. The summed E-state index contributed by atoms with van der Waals surface area (Å²) in [6.45, 7) is 2.83. The van der Waals surface area contributed by atoms with Crippen LogP contribution in [0.1, 0.15) is 19.4 Å². The monoisotopic (exact) mass is 316 g/mol. The van der Waals surface area contributed by atoms with Gasteiger partial charge in [0.05, 0.1) is 5.69 Å². The van der Waals surface area contributed by atoms with E-state index in [-0.39, 0.29) is 5.56 Å². The molecule has 0 unspecified atom stereocenters. The van der Waals surface area contributed by atoms with Gasteiger partial charge >= 0.3 is 5.97 Å². The highest BCUT2D eigenvalue weighted by atomic mass is 35.5. The maximum atomic E-state index is 12.5. The lowest BCUT2D eigenvalue weighted by molar-refractivity contribution is -0.145. The van der Waals surface area contributed by atoms with Crippen molar-refractivity contribution in [1.82, 2.24) is 4.57 Å². The predicted molar refractivity (Wildman–Crippen MR) is 82.8 cm³/mol. The number of nitrogens with zero attached hydrogens (tertiary/aromatic N) is 2. The van der Waals surface area contributed by atoms with Gasteiger partial charge in [-0.15, -0.1) is 0 Å². The zero-order valence-corrected chi connectivity index (χ0v) is 12.8. The molecular weight excluding hydrogens is 304 g/mol. The summed E-state index contributed by atoms with van der Waals surface area (Å²) in [5.41, 5.74) is -1.19. The van der Waals surface area contributed by atoms with Gasteiger partial charge < -0.3 is 5.11 Å². The van der Waals surface area contributed by atoms with Gasteiger partial charge in [-0.3, -0.25) is 9.36 Å². The first-order valence-corrected chi connectivity index (χ1v) is 6.83. The summed E-state index contributed by atoms with van der Waals surface area (Å²) in [6.07, 6.45) is 0. The first-order valence-electron chi connectivity index (χ1n) is 6.45. The lowest BCUT2D eigenvalue weighted by Crippen LogP contribution is -2.44. The zero-order valence-electron chi connectivity index (χ0n) is 12.0. The van der Waals surface area contributed by atoms with E-state index in [2.05, 4.69) is 0 Å².